The molecule has 0 saturated heterocycles. The normalized spacial score (nSPS) is 17.6. The molecule has 1 aliphatic rings. The van der Waals surface area contributed by atoms with Gasteiger partial charge in [-0.2, -0.15) is 17.6 Å². The van der Waals surface area contributed by atoms with Gasteiger partial charge in [-0.05, 0) is 79.0 Å². The van der Waals surface area contributed by atoms with Crippen LogP contribution in [0.15, 0.2) is 48.5 Å². The van der Waals surface area contributed by atoms with Crippen molar-refractivity contribution in [2.45, 2.75) is 76.9 Å². The number of alkyl halides is 4. The van der Waals surface area contributed by atoms with Gasteiger partial charge in [0.25, 0.3) is 0 Å². The third-order valence-corrected chi connectivity index (χ3v) is 7.53. The molecule has 0 aromatic heterocycles. The average molecular weight is 587 g/mol. The lowest BCUT2D eigenvalue weighted by atomic mass is 9.77. The molecule has 1 fully saturated rings. The Bertz CT molecular complexity index is 1290. The SMILES string of the molecule is CCCCCC1CCC(c2cc(F)c(C(F)(F)Oc3ccccc3-c3cc(F)c(OC(F)F)c(F)c3)c(F)c2)CC1. The average Bonchev–Trinajstić information content (AvgIpc) is 2.90. The predicted octanol–water partition coefficient (Wildman–Crippen LogP) is 10.5. The Morgan fingerprint density at radius 2 is 1.44 bits per heavy atom. The minimum Gasteiger partial charge on any atom is -0.429 e. The number of rotatable bonds is 11. The van der Waals surface area contributed by atoms with Crippen LogP contribution < -0.4 is 9.47 Å². The quantitative estimate of drug-likeness (QED) is 0.164. The summed E-state index contributed by atoms with van der Waals surface area (Å²) in [6.07, 6.45) is 3.28. The van der Waals surface area contributed by atoms with E-state index in [0.717, 1.165) is 56.7 Å². The summed E-state index contributed by atoms with van der Waals surface area (Å²) in [5.74, 6) is -7.55. The number of halogens is 8. The maximum Gasteiger partial charge on any atom is 0.432 e. The summed E-state index contributed by atoms with van der Waals surface area (Å²) >= 11 is 0. The van der Waals surface area contributed by atoms with Crippen molar-refractivity contribution in [3.05, 3.63) is 82.9 Å². The van der Waals surface area contributed by atoms with Crippen LogP contribution in [0.2, 0.25) is 0 Å². The Hall–Kier alpha value is -3.30. The summed E-state index contributed by atoms with van der Waals surface area (Å²) in [6, 6.07) is 7.81. The van der Waals surface area contributed by atoms with Crippen molar-refractivity contribution in [1.82, 2.24) is 0 Å². The molecule has 3 aromatic carbocycles. The van der Waals surface area contributed by atoms with Crippen LogP contribution in [0.1, 0.15) is 75.3 Å². The second kappa shape index (κ2) is 13.1. The number of hydrogen-bond acceptors (Lipinski definition) is 2. The van der Waals surface area contributed by atoms with Crippen molar-refractivity contribution in [2.75, 3.05) is 0 Å². The van der Waals surface area contributed by atoms with Crippen molar-refractivity contribution in [3.63, 3.8) is 0 Å². The van der Waals surface area contributed by atoms with E-state index in [2.05, 4.69) is 11.7 Å². The zero-order chi connectivity index (χ0) is 29.7. The summed E-state index contributed by atoms with van der Waals surface area (Å²) in [5, 5.41) is 0. The van der Waals surface area contributed by atoms with Crippen molar-refractivity contribution >= 4 is 0 Å². The Kier molecular flexibility index (Phi) is 9.81. The minimum absolute atomic E-state index is 0.146. The van der Waals surface area contributed by atoms with Gasteiger partial charge in [-0.3, -0.25) is 0 Å². The summed E-state index contributed by atoms with van der Waals surface area (Å²) in [4.78, 5) is 0. The van der Waals surface area contributed by atoms with E-state index in [9.17, 15) is 17.6 Å². The van der Waals surface area contributed by atoms with Crippen molar-refractivity contribution in [1.29, 1.82) is 0 Å². The number of benzene rings is 3. The second-order valence-corrected chi connectivity index (χ2v) is 10.3. The van der Waals surface area contributed by atoms with Crippen LogP contribution in [-0.4, -0.2) is 6.61 Å². The van der Waals surface area contributed by atoms with Crippen LogP contribution in [0.4, 0.5) is 35.1 Å². The van der Waals surface area contributed by atoms with Gasteiger partial charge in [0.2, 0.25) is 0 Å². The monoisotopic (exact) mass is 586 g/mol. The molecule has 0 amide bonds. The highest BCUT2D eigenvalue weighted by Gasteiger charge is 2.42. The molecule has 2 nitrogen and oxygen atoms in total. The first-order valence-electron chi connectivity index (χ1n) is 13.6. The third-order valence-electron chi connectivity index (χ3n) is 7.53. The first-order chi connectivity index (χ1) is 19.5. The lowest BCUT2D eigenvalue weighted by molar-refractivity contribution is -0.189. The van der Waals surface area contributed by atoms with Crippen LogP contribution in [0.25, 0.3) is 11.1 Å². The molecule has 3 aromatic rings. The molecular formula is C31H30F8O2. The molecule has 0 atom stereocenters. The summed E-state index contributed by atoms with van der Waals surface area (Å²) in [7, 11) is 0. The molecule has 41 heavy (non-hydrogen) atoms. The van der Waals surface area contributed by atoms with Gasteiger partial charge in [-0.15, -0.1) is 0 Å². The van der Waals surface area contributed by atoms with Gasteiger partial charge in [-0.25, -0.2) is 17.6 Å². The highest BCUT2D eigenvalue weighted by molar-refractivity contribution is 5.71. The van der Waals surface area contributed by atoms with Crippen LogP contribution in [0, 0.1) is 29.2 Å². The fraction of sp³-hybridized carbons (Fsp3) is 0.419. The minimum atomic E-state index is -4.50. The highest BCUT2D eigenvalue weighted by Crippen LogP contribution is 2.43. The van der Waals surface area contributed by atoms with E-state index < -0.39 is 53.1 Å². The molecule has 0 N–H and O–H groups in total. The molecule has 222 valence electrons. The molecule has 1 saturated carbocycles. The molecule has 0 unspecified atom stereocenters. The van der Waals surface area contributed by atoms with E-state index in [0.29, 0.717) is 36.5 Å². The maximum atomic E-state index is 15.2. The Labute approximate surface area is 233 Å². The van der Waals surface area contributed by atoms with E-state index in [4.69, 9.17) is 4.74 Å². The molecule has 0 aliphatic heterocycles. The first kappa shape index (κ1) is 30.7. The number of hydrogen-bond donors (Lipinski definition) is 0. The van der Waals surface area contributed by atoms with Gasteiger partial charge in [0, 0.05) is 5.56 Å². The van der Waals surface area contributed by atoms with Crippen molar-refractivity contribution in [2.24, 2.45) is 5.92 Å². The lowest BCUT2D eigenvalue weighted by Crippen LogP contribution is -2.26. The van der Waals surface area contributed by atoms with Crippen molar-refractivity contribution in [3.8, 4) is 22.6 Å². The van der Waals surface area contributed by atoms with Crippen molar-refractivity contribution < 1.29 is 44.6 Å². The zero-order valence-electron chi connectivity index (χ0n) is 22.3. The standard InChI is InChI=1S/C31H30F8O2/c1-2-3-4-7-18-10-12-19(13-11-18)20-14-23(32)28(24(33)15-20)31(38,39)41-27-9-6-5-8-22(27)21-16-25(34)29(26(35)17-21)40-30(36)37/h5-6,8-9,14-19,30H,2-4,7,10-13H2,1H3. The molecule has 0 spiro atoms. The van der Waals surface area contributed by atoms with E-state index in [1.54, 1.807) is 0 Å². The molecular weight excluding hydrogens is 556 g/mol. The van der Waals surface area contributed by atoms with Gasteiger partial charge in [0.05, 0.1) is 0 Å². The Morgan fingerprint density at radius 1 is 0.829 bits per heavy atom. The van der Waals surface area contributed by atoms with Crippen LogP contribution >= 0.6 is 0 Å². The fourth-order valence-electron chi connectivity index (χ4n) is 5.47. The van der Waals surface area contributed by atoms with Gasteiger partial charge >= 0.3 is 12.7 Å². The number of unbranched alkanes of at least 4 members (excludes halogenated alkanes) is 2. The van der Waals surface area contributed by atoms with Gasteiger partial charge in [0.15, 0.2) is 17.4 Å². The summed E-state index contributed by atoms with van der Waals surface area (Å²) in [5.41, 5.74) is -1.91. The molecule has 0 radical (unpaired) electrons. The zero-order valence-corrected chi connectivity index (χ0v) is 22.3. The molecule has 10 heteroatoms. The molecule has 0 heterocycles. The number of ether oxygens (including phenoxy) is 2. The van der Waals surface area contributed by atoms with E-state index in [1.165, 1.54) is 18.2 Å². The maximum absolute atomic E-state index is 15.2. The Morgan fingerprint density at radius 3 is 2.02 bits per heavy atom. The van der Waals surface area contributed by atoms with Crippen LogP contribution in [-0.2, 0) is 6.11 Å². The Balaban J connectivity index is 1.55. The smallest absolute Gasteiger partial charge is 0.429 e. The number of para-hydroxylation sites is 1. The van der Waals surface area contributed by atoms with Crippen LogP contribution in [0.3, 0.4) is 0 Å². The first-order valence-corrected chi connectivity index (χ1v) is 13.6. The predicted molar refractivity (Wildman–Crippen MR) is 138 cm³/mol. The highest BCUT2D eigenvalue weighted by atomic mass is 19.3. The van der Waals surface area contributed by atoms with E-state index in [1.807, 2.05) is 0 Å². The largest absolute Gasteiger partial charge is 0.432 e. The van der Waals surface area contributed by atoms with Gasteiger partial charge in [-0.1, -0.05) is 50.8 Å². The van der Waals surface area contributed by atoms with E-state index in [-0.39, 0.29) is 17.0 Å². The fourth-order valence-corrected chi connectivity index (χ4v) is 5.47. The molecule has 0 bridgehead atoms. The van der Waals surface area contributed by atoms with Gasteiger partial charge in [0.1, 0.15) is 22.9 Å². The molecule has 1 aliphatic carbocycles. The lowest BCUT2D eigenvalue weighted by Gasteiger charge is -2.29. The van der Waals surface area contributed by atoms with E-state index >= 15 is 17.6 Å². The second-order valence-electron chi connectivity index (χ2n) is 10.3. The third kappa shape index (κ3) is 7.32. The summed E-state index contributed by atoms with van der Waals surface area (Å²) in [6.45, 7) is -1.37. The van der Waals surface area contributed by atoms with Gasteiger partial charge < -0.3 is 9.47 Å². The molecule has 4 rings (SSSR count). The summed E-state index contributed by atoms with van der Waals surface area (Å²) < 4.78 is 123. The van der Waals surface area contributed by atoms with Crippen LogP contribution in [0.5, 0.6) is 11.5 Å². The topological polar surface area (TPSA) is 18.5 Å².